The summed E-state index contributed by atoms with van der Waals surface area (Å²) in [5, 5.41) is 0.918. The summed E-state index contributed by atoms with van der Waals surface area (Å²) in [6.07, 6.45) is 2.63. The summed E-state index contributed by atoms with van der Waals surface area (Å²) >= 11 is 0. The first-order valence-electron chi connectivity index (χ1n) is 10.1. The highest BCUT2D eigenvalue weighted by Gasteiger charge is 2.32. The van der Waals surface area contributed by atoms with Gasteiger partial charge in [0.25, 0.3) is 5.91 Å². The molecular formula is C23H25N3O2. The van der Waals surface area contributed by atoms with Crippen molar-refractivity contribution in [1.82, 2.24) is 14.8 Å². The fraction of sp³-hybridized carbons (Fsp3) is 0.391. The molecule has 0 atom stereocenters. The molecule has 1 aliphatic carbocycles. The minimum atomic E-state index is 0.0953. The zero-order valence-corrected chi connectivity index (χ0v) is 16.4. The normalized spacial score (nSPS) is 18.0. The largest absolute Gasteiger partial charge is 0.460 e. The molecule has 5 nitrogen and oxygen atoms in total. The molecule has 0 spiro atoms. The molecule has 3 aromatic rings. The first-order chi connectivity index (χ1) is 13.6. The number of pyridine rings is 1. The lowest BCUT2D eigenvalue weighted by Gasteiger charge is -2.35. The van der Waals surface area contributed by atoms with Crippen LogP contribution in [0.15, 0.2) is 40.8 Å². The van der Waals surface area contributed by atoms with Crippen LogP contribution >= 0.6 is 0 Å². The Bertz CT molecular complexity index is 1040. The van der Waals surface area contributed by atoms with E-state index < -0.39 is 0 Å². The molecule has 1 aromatic carbocycles. The Morgan fingerprint density at radius 2 is 1.82 bits per heavy atom. The van der Waals surface area contributed by atoms with E-state index in [9.17, 15) is 4.79 Å². The Morgan fingerprint density at radius 3 is 2.50 bits per heavy atom. The number of carbonyl (C=O) groups is 1. The van der Waals surface area contributed by atoms with Crippen LogP contribution in [-0.4, -0.2) is 52.9 Å². The van der Waals surface area contributed by atoms with E-state index >= 15 is 0 Å². The number of benzene rings is 1. The smallest absolute Gasteiger partial charge is 0.254 e. The molecule has 0 bridgehead atoms. The molecule has 0 radical (unpaired) electrons. The topological polar surface area (TPSA) is 49.6 Å². The van der Waals surface area contributed by atoms with Crippen LogP contribution in [0.1, 0.15) is 34.5 Å². The molecule has 1 aliphatic heterocycles. The number of hydrogen-bond acceptors (Lipinski definition) is 4. The second-order valence-corrected chi connectivity index (χ2v) is 8.05. The van der Waals surface area contributed by atoms with Crippen LogP contribution in [0.4, 0.5) is 0 Å². The maximum absolute atomic E-state index is 13.5. The van der Waals surface area contributed by atoms with Crippen LogP contribution in [0.2, 0.25) is 0 Å². The average molecular weight is 375 g/mol. The van der Waals surface area contributed by atoms with Crippen LogP contribution in [0.3, 0.4) is 0 Å². The van der Waals surface area contributed by atoms with E-state index in [2.05, 4.69) is 11.0 Å². The van der Waals surface area contributed by atoms with Crippen molar-refractivity contribution < 1.29 is 9.21 Å². The molecule has 2 aromatic heterocycles. The molecule has 2 fully saturated rings. The Kier molecular flexibility index (Phi) is 4.20. The second-order valence-electron chi connectivity index (χ2n) is 8.05. The number of aryl methyl sites for hydroxylation is 2. The molecule has 3 heterocycles. The van der Waals surface area contributed by atoms with Crippen LogP contribution in [0.25, 0.3) is 22.4 Å². The van der Waals surface area contributed by atoms with Gasteiger partial charge in [0.2, 0.25) is 0 Å². The number of rotatable bonds is 3. The third-order valence-electron chi connectivity index (χ3n) is 5.85. The summed E-state index contributed by atoms with van der Waals surface area (Å²) in [5.74, 6) is 1.63. The number of carbonyl (C=O) groups excluding carboxylic acids is 1. The lowest BCUT2D eigenvalue weighted by atomic mass is 10.0. The number of fused-ring (bicyclic) bond motifs is 1. The molecule has 2 aliphatic rings. The zero-order chi connectivity index (χ0) is 19.3. The van der Waals surface area contributed by atoms with Crippen molar-refractivity contribution in [1.29, 1.82) is 0 Å². The van der Waals surface area contributed by atoms with E-state index in [1.807, 2.05) is 49.1 Å². The van der Waals surface area contributed by atoms with Crippen LogP contribution in [0.5, 0.6) is 0 Å². The van der Waals surface area contributed by atoms with Crippen LogP contribution in [-0.2, 0) is 0 Å². The van der Waals surface area contributed by atoms with Gasteiger partial charge in [0, 0.05) is 37.6 Å². The predicted octanol–water partition coefficient (Wildman–Crippen LogP) is 4.03. The number of furan rings is 1. The molecule has 0 N–H and O–H groups in total. The van der Waals surface area contributed by atoms with Crippen molar-refractivity contribution in [3.63, 3.8) is 0 Å². The molecule has 28 heavy (non-hydrogen) atoms. The summed E-state index contributed by atoms with van der Waals surface area (Å²) in [5.41, 5.74) is 3.39. The molecule has 1 amide bonds. The van der Waals surface area contributed by atoms with Gasteiger partial charge in [-0.15, -0.1) is 0 Å². The number of piperazine rings is 1. The first-order valence-corrected chi connectivity index (χ1v) is 10.1. The van der Waals surface area contributed by atoms with E-state index in [1.54, 1.807) is 0 Å². The Balaban J connectivity index is 1.52. The van der Waals surface area contributed by atoms with E-state index in [0.717, 1.165) is 60.0 Å². The van der Waals surface area contributed by atoms with Crippen molar-refractivity contribution in [2.75, 3.05) is 26.2 Å². The average Bonchev–Trinajstić information content (AvgIpc) is 3.47. The van der Waals surface area contributed by atoms with Crippen molar-refractivity contribution in [2.45, 2.75) is 32.7 Å². The summed E-state index contributed by atoms with van der Waals surface area (Å²) in [4.78, 5) is 22.7. The van der Waals surface area contributed by atoms with E-state index in [0.29, 0.717) is 11.5 Å². The minimum absolute atomic E-state index is 0.0953. The molecule has 0 unspecified atom stereocenters. The highest BCUT2D eigenvalue weighted by atomic mass is 16.3. The van der Waals surface area contributed by atoms with E-state index in [4.69, 9.17) is 9.40 Å². The number of amides is 1. The van der Waals surface area contributed by atoms with Crippen LogP contribution < -0.4 is 0 Å². The van der Waals surface area contributed by atoms with E-state index in [-0.39, 0.29) is 5.91 Å². The van der Waals surface area contributed by atoms with Gasteiger partial charge < -0.3 is 9.32 Å². The predicted molar refractivity (Wildman–Crippen MR) is 109 cm³/mol. The monoisotopic (exact) mass is 375 g/mol. The number of aromatic nitrogens is 1. The Morgan fingerprint density at radius 1 is 1.04 bits per heavy atom. The number of hydrogen-bond donors (Lipinski definition) is 0. The third kappa shape index (κ3) is 3.20. The van der Waals surface area contributed by atoms with Gasteiger partial charge in [0.1, 0.15) is 11.5 Å². The van der Waals surface area contributed by atoms with Crippen molar-refractivity contribution in [3.8, 4) is 11.5 Å². The first kappa shape index (κ1) is 17.4. The standard InChI is InChI=1S/C23H25N3O2/c1-15-3-7-20-18(13-15)19(14-21(24-20)22-8-4-16(2)28-22)23(27)26-11-9-25(10-12-26)17-5-6-17/h3-4,7-8,13-14,17H,5-6,9-12H2,1-2H3. The molecule has 5 rings (SSSR count). The van der Waals surface area contributed by atoms with Gasteiger partial charge in [0.15, 0.2) is 5.76 Å². The van der Waals surface area contributed by atoms with Crippen molar-refractivity contribution in [2.24, 2.45) is 0 Å². The fourth-order valence-electron chi connectivity index (χ4n) is 4.12. The summed E-state index contributed by atoms with van der Waals surface area (Å²) < 4.78 is 5.78. The summed E-state index contributed by atoms with van der Waals surface area (Å²) in [7, 11) is 0. The molecule has 1 saturated carbocycles. The van der Waals surface area contributed by atoms with Gasteiger partial charge >= 0.3 is 0 Å². The summed E-state index contributed by atoms with van der Waals surface area (Å²) in [6.45, 7) is 7.50. The zero-order valence-electron chi connectivity index (χ0n) is 16.4. The molecule has 144 valence electrons. The van der Waals surface area contributed by atoms with E-state index in [1.165, 1.54) is 12.8 Å². The highest BCUT2D eigenvalue weighted by molar-refractivity contribution is 6.07. The maximum Gasteiger partial charge on any atom is 0.254 e. The SMILES string of the molecule is Cc1ccc2nc(-c3ccc(C)o3)cc(C(=O)N3CCN(C4CC4)CC3)c2c1. The maximum atomic E-state index is 13.5. The van der Waals surface area contributed by atoms with Crippen LogP contribution in [0, 0.1) is 13.8 Å². The minimum Gasteiger partial charge on any atom is -0.460 e. The molecule has 1 saturated heterocycles. The van der Waals surface area contributed by atoms with Gasteiger partial charge in [-0.1, -0.05) is 11.6 Å². The number of nitrogens with zero attached hydrogens (tertiary/aromatic N) is 3. The third-order valence-corrected chi connectivity index (χ3v) is 5.85. The lowest BCUT2D eigenvalue weighted by molar-refractivity contribution is 0.0629. The fourth-order valence-corrected chi connectivity index (χ4v) is 4.12. The quantitative estimate of drug-likeness (QED) is 0.693. The van der Waals surface area contributed by atoms with Gasteiger partial charge in [-0.25, -0.2) is 4.98 Å². The van der Waals surface area contributed by atoms with Gasteiger partial charge in [-0.2, -0.15) is 0 Å². The summed E-state index contributed by atoms with van der Waals surface area (Å²) in [6, 6.07) is 12.6. The molecule has 5 heteroatoms. The lowest BCUT2D eigenvalue weighted by Crippen LogP contribution is -2.49. The molecular weight excluding hydrogens is 350 g/mol. The van der Waals surface area contributed by atoms with Crippen molar-refractivity contribution >= 4 is 16.8 Å². The Labute approximate surface area is 165 Å². The Hall–Kier alpha value is -2.66. The van der Waals surface area contributed by atoms with Gasteiger partial charge in [-0.05, 0) is 57.0 Å². The van der Waals surface area contributed by atoms with Gasteiger partial charge in [-0.3, -0.25) is 9.69 Å². The second kappa shape index (κ2) is 6.74. The highest BCUT2D eigenvalue weighted by Crippen LogP contribution is 2.30. The van der Waals surface area contributed by atoms with Crippen molar-refractivity contribution in [3.05, 3.63) is 53.3 Å². The van der Waals surface area contributed by atoms with Gasteiger partial charge in [0.05, 0.1) is 11.1 Å².